The number of hydrogen-bond donors (Lipinski definition) is 0. The van der Waals surface area contributed by atoms with E-state index in [4.69, 9.17) is 16.3 Å². The SMILES string of the molecule is CC(=O)Oc1cc2c(Cl)ncnc2cc1C. The van der Waals surface area contributed by atoms with Gasteiger partial charge in [-0.1, -0.05) is 11.6 Å². The lowest BCUT2D eigenvalue weighted by Gasteiger charge is -2.07. The lowest BCUT2D eigenvalue weighted by molar-refractivity contribution is -0.131. The maximum Gasteiger partial charge on any atom is 0.308 e. The maximum absolute atomic E-state index is 10.9. The number of rotatable bonds is 1. The second-order valence-electron chi connectivity index (χ2n) is 3.39. The Kier molecular flexibility index (Phi) is 2.75. The van der Waals surface area contributed by atoms with Crippen molar-refractivity contribution < 1.29 is 9.53 Å². The van der Waals surface area contributed by atoms with E-state index in [2.05, 4.69) is 9.97 Å². The van der Waals surface area contributed by atoms with Crippen LogP contribution in [0.1, 0.15) is 12.5 Å². The Morgan fingerprint density at radius 1 is 1.38 bits per heavy atom. The van der Waals surface area contributed by atoms with Crippen LogP contribution < -0.4 is 4.74 Å². The molecule has 0 spiro atoms. The van der Waals surface area contributed by atoms with Crippen molar-refractivity contribution >= 4 is 28.5 Å². The molecule has 1 heterocycles. The number of aryl methyl sites for hydroxylation is 1. The predicted octanol–water partition coefficient (Wildman–Crippen LogP) is 2.52. The lowest BCUT2D eigenvalue weighted by Crippen LogP contribution is -2.03. The zero-order valence-electron chi connectivity index (χ0n) is 8.82. The van der Waals surface area contributed by atoms with E-state index in [1.54, 1.807) is 12.1 Å². The molecule has 0 aliphatic rings. The van der Waals surface area contributed by atoms with Gasteiger partial charge in [0.05, 0.1) is 5.52 Å². The zero-order chi connectivity index (χ0) is 11.7. The normalized spacial score (nSPS) is 10.4. The van der Waals surface area contributed by atoms with Crippen LogP contribution >= 0.6 is 11.6 Å². The molecule has 0 unspecified atom stereocenters. The minimum atomic E-state index is -0.365. The van der Waals surface area contributed by atoms with Crippen LogP contribution in [-0.4, -0.2) is 15.9 Å². The van der Waals surface area contributed by atoms with Crippen LogP contribution in [0.25, 0.3) is 10.9 Å². The standard InChI is InChI=1S/C11H9ClN2O2/c1-6-3-9-8(11(12)14-5-13-9)4-10(6)16-7(2)15/h3-5H,1-2H3. The predicted molar refractivity (Wildman–Crippen MR) is 60.6 cm³/mol. The summed E-state index contributed by atoms with van der Waals surface area (Å²) in [6.07, 6.45) is 1.40. The molecule has 4 nitrogen and oxygen atoms in total. The molecule has 0 fully saturated rings. The highest BCUT2D eigenvalue weighted by atomic mass is 35.5. The lowest BCUT2D eigenvalue weighted by atomic mass is 10.1. The summed E-state index contributed by atoms with van der Waals surface area (Å²) in [6, 6.07) is 3.48. The molecule has 1 aromatic carbocycles. The van der Waals surface area contributed by atoms with Crippen molar-refractivity contribution in [1.82, 2.24) is 9.97 Å². The van der Waals surface area contributed by atoms with E-state index < -0.39 is 0 Å². The van der Waals surface area contributed by atoms with E-state index in [-0.39, 0.29) is 5.97 Å². The molecule has 0 N–H and O–H groups in total. The summed E-state index contributed by atoms with van der Waals surface area (Å²) in [5.41, 5.74) is 1.56. The molecular formula is C11H9ClN2O2. The Bertz CT molecular complexity index is 569. The quantitative estimate of drug-likeness (QED) is 0.434. The molecular weight excluding hydrogens is 228 g/mol. The van der Waals surface area contributed by atoms with E-state index in [9.17, 15) is 4.79 Å². The second kappa shape index (κ2) is 4.06. The summed E-state index contributed by atoms with van der Waals surface area (Å²) in [4.78, 5) is 18.9. The van der Waals surface area contributed by atoms with Crippen LogP contribution in [0.5, 0.6) is 5.75 Å². The first kappa shape index (κ1) is 10.8. The topological polar surface area (TPSA) is 52.1 Å². The van der Waals surface area contributed by atoms with Crippen LogP contribution in [0.3, 0.4) is 0 Å². The first-order chi connectivity index (χ1) is 7.58. The molecule has 16 heavy (non-hydrogen) atoms. The van der Waals surface area contributed by atoms with Gasteiger partial charge >= 0.3 is 5.97 Å². The molecule has 2 rings (SSSR count). The van der Waals surface area contributed by atoms with E-state index in [1.807, 2.05) is 6.92 Å². The van der Waals surface area contributed by atoms with E-state index in [0.717, 1.165) is 11.1 Å². The summed E-state index contributed by atoms with van der Waals surface area (Å²) in [6.45, 7) is 3.19. The van der Waals surface area contributed by atoms with Crippen molar-refractivity contribution in [2.45, 2.75) is 13.8 Å². The highest BCUT2D eigenvalue weighted by Gasteiger charge is 2.08. The van der Waals surface area contributed by atoms with E-state index in [0.29, 0.717) is 16.3 Å². The van der Waals surface area contributed by atoms with Crippen molar-refractivity contribution in [1.29, 1.82) is 0 Å². The first-order valence-electron chi connectivity index (χ1n) is 4.67. The van der Waals surface area contributed by atoms with Gasteiger partial charge in [-0.3, -0.25) is 4.79 Å². The molecule has 0 aliphatic carbocycles. The summed E-state index contributed by atoms with van der Waals surface area (Å²) < 4.78 is 5.05. The Morgan fingerprint density at radius 2 is 2.12 bits per heavy atom. The van der Waals surface area contributed by atoms with E-state index in [1.165, 1.54) is 13.3 Å². The molecule has 1 aromatic heterocycles. The molecule has 2 aromatic rings. The molecule has 0 amide bonds. The zero-order valence-corrected chi connectivity index (χ0v) is 9.58. The first-order valence-corrected chi connectivity index (χ1v) is 5.05. The average Bonchev–Trinajstić information content (AvgIpc) is 2.20. The van der Waals surface area contributed by atoms with Gasteiger partial charge in [-0.25, -0.2) is 9.97 Å². The Hall–Kier alpha value is -1.68. The molecule has 0 radical (unpaired) electrons. The van der Waals surface area contributed by atoms with Crippen LogP contribution in [0.2, 0.25) is 5.15 Å². The van der Waals surface area contributed by atoms with Gasteiger partial charge < -0.3 is 4.74 Å². The third-order valence-corrected chi connectivity index (χ3v) is 2.44. The number of ether oxygens (including phenoxy) is 1. The molecule has 0 saturated heterocycles. The fraction of sp³-hybridized carbons (Fsp3) is 0.182. The molecule has 5 heteroatoms. The third-order valence-electron chi connectivity index (χ3n) is 2.14. The van der Waals surface area contributed by atoms with Crippen molar-refractivity contribution in [2.24, 2.45) is 0 Å². The van der Waals surface area contributed by atoms with Crippen molar-refractivity contribution in [2.75, 3.05) is 0 Å². The van der Waals surface area contributed by atoms with Crippen molar-refractivity contribution in [3.8, 4) is 5.75 Å². The van der Waals surface area contributed by atoms with Crippen molar-refractivity contribution in [3.63, 3.8) is 0 Å². The van der Waals surface area contributed by atoms with Gasteiger partial charge in [0.15, 0.2) is 0 Å². The van der Waals surface area contributed by atoms with Gasteiger partial charge in [0.25, 0.3) is 0 Å². The van der Waals surface area contributed by atoms with Crippen LogP contribution in [0.4, 0.5) is 0 Å². The summed E-state index contributed by atoms with van der Waals surface area (Å²) in [7, 11) is 0. The van der Waals surface area contributed by atoms with Gasteiger partial charge in [0, 0.05) is 12.3 Å². The number of carbonyl (C=O) groups excluding carboxylic acids is 1. The monoisotopic (exact) mass is 236 g/mol. The molecule has 0 atom stereocenters. The highest BCUT2D eigenvalue weighted by Crippen LogP contribution is 2.27. The Balaban J connectivity index is 2.64. The molecule has 0 saturated carbocycles. The van der Waals surface area contributed by atoms with Crippen LogP contribution in [-0.2, 0) is 4.79 Å². The van der Waals surface area contributed by atoms with Gasteiger partial charge in [-0.05, 0) is 24.6 Å². The number of nitrogens with zero attached hydrogens (tertiary/aromatic N) is 2. The fourth-order valence-corrected chi connectivity index (χ4v) is 1.62. The highest BCUT2D eigenvalue weighted by molar-refractivity contribution is 6.34. The van der Waals surface area contributed by atoms with Gasteiger partial charge in [-0.2, -0.15) is 0 Å². The number of benzene rings is 1. The fourth-order valence-electron chi connectivity index (χ4n) is 1.42. The Morgan fingerprint density at radius 3 is 2.81 bits per heavy atom. The summed E-state index contributed by atoms with van der Waals surface area (Å²) in [5.74, 6) is 0.118. The number of hydrogen-bond acceptors (Lipinski definition) is 4. The number of carbonyl (C=O) groups is 1. The average molecular weight is 237 g/mol. The Labute approximate surface area is 97.2 Å². The van der Waals surface area contributed by atoms with Gasteiger partial charge in [0.1, 0.15) is 17.2 Å². The van der Waals surface area contributed by atoms with Crippen LogP contribution in [0, 0.1) is 6.92 Å². The van der Waals surface area contributed by atoms with Crippen molar-refractivity contribution in [3.05, 3.63) is 29.2 Å². The number of esters is 1. The largest absolute Gasteiger partial charge is 0.426 e. The second-order valence-corrected chi connectivity index (χ2v) is 3.75. The van der Waals surface area contributed by atoms with Gasteiger partial charge in [0.2, 0.25) is 0 Å². The van der Waals surface area contributed by atoms with E-state index >= 15 is 0 Å². The minimum absolute atomic E-state index is 0.346. The molecule has 0 bridgehead atoms. The number of fused-ring (bicyclic) bond motifs is 1. The smallest absolute Gasteiger partial charge is 0.308 e. The van der Waals surface area contributed by atoms with Crippen LogP contribution in [0.15, 0.2) is 18.5 Å². The minimum Gasteiger partial charge on any atom is -0.426 e. The number of aromatic nitrogens is 2. The molecule has 0 aliphatic heterocycles. The summed E-state index contributed by atoms with van der Waals surface area (Å²) in [5, 5.41) is 1.02. The number of halogens is 1. The maximum atomic E-state index is 10.9. The molecule has 82 valence electrons. The third kappa shape index (κ3) is 1.97. The summed E-state index contributed by atoms with van der Waals surface area (Å²) >= 11 is 5.93. The van der Waals surface area contributed by atoms with Gasteiger partial charge in [-0.15, -0.1) is 0 Å².